The monoisotopic (exact) mass is 351 g/mol. The molecule has 0 amide bonds. The molecule has 2 rings (SSSR count). The van der Waals surface area contributed by atoms with E-state index in [2.05, 4.69) is 15.9 Å². The van der Waals surface area contributed by atoms with Gasteiger partial charge >= 0.3 is 0 Å². The molecular weight excluding hydrogens is 338 g/mol. The van der Waals surface area contributed by atoms with Gasteiger partial charge in [0.25, 0.3) is 0 Å². The number of aliphatic hydroxyl groups excluding tert-OH is 1. The molecule has 0 saturated carbocycles. The maximum absolute atomic E-state index is 12.5. The average molecular weight is 352 g/mol. The molecule has 1 aromatic carbocycles. The summed E-state index contributed by atoms with van der Waals surface area (Å²) in [6, 6.07) is 4.90. The lowest BCUT2D eigenvalue weighted by Crippen LogP contribution is -2.38. The van der Waals surface area contributed by atoms with Crippen LogP contribution in [0.15, 0.2) is 27.6 Å². The second-order valence-corrected chi connectivity index (χ2v) is 7.92. The lowest BCUT2D eigenvalue weighted by Gasteiger charge is -2.26. The molecule has 0 spiro atoms. The highest BCUT2D eigenvalue weighted by Crippen LogP contribution is 2.27. The van der Waals surface area contributed by atoms with Crippen LogP contribution in [0.1, 0.15) is 5.56 Å². The Morgan fingerprint density at radius 3 is 2.61 bits per heavy atom. The highest BCUT2D eigenvalue weighted by molar-refractivity contribution is 9.10. The third-order valence-corrected chi connectivity index (χ3v) is 6.60. The third kappa shape index (κ3) is 2.91. The minimum atomic E-state index is -3.46. The normalized spacial score (nSPS) is 17.9. The molecule has 0 aromatic heterocycles. The van der Waals surface area contributed by atoms with E-state index >= 15 is 0 Å². The molecule has 7 heteroatoms. The second kappa shape index (κ2) is 5.92. The van der Waals surface area contributed by atoms with Crippen LogP contribution in [0.25, 0.3) is 0 Å². The van der Waals surface area contributed by atoms with Gasteiger partial charge < -0.3 is 5.11 Å². The Bertz CT molecular complexity index is 527. The number of thioether (sulfide) groups is 1. The van der Waals surface area contributed by atoms with Gasteiger partial charge in [-0.25, -0.2) is 8.42 Å². The molecule has 18 heavy (non-hydrogen) atoms. The van der Waals surface area contributed by atoms with Crippen molar-refractivity contribution in [2.24, 2.45) is 0 Å². The van der Waals surface area contributed by atoms with Crippen molar-refractivity contribution in [2.45, 2.75) is 11.5 Å². The van der Waals surface area contributed by atoms with Gasteiger partial charge in [0.05, 0.1) is 11.5 Å². The highest BCUT2D eigenvalue weighted by atomic mass is 79.9. The van der Waals surface area contributed by atoms with E-state index in [1.807, 2.05) is 0 Å². The van der Waals surface area contributed by atoms with E-state index in [9.17, 15) is 8.42 Å². The third-order valence-electron chi connectivity index (χ3n) is 2.77. The van der Waals surface area contributed by atoms with Crippen LogP contribution in [-0.2, 0) is 16.6 Å². The Hall–Kier alpha value is -0.0800. The molecular formula is C11H14BrNO3S2. The largest absolute Gasteiger partial charge is 0.392 e. The summed E-state index contributed by atoms with van der Waals surface area (Å²) in [7, 11) is -3.46. The number of benzene rings is 1. The van der Waals surface area contributed by atoms with Gasteiger partial charge in [0.1, 0.15) is 0 Å². The van der Waals surface area contributed by atoms with Crippen molar-refractivity contribution < 1.29 is 13.5 Å². The maximum atomic E-state index is 12.5. The average Bonchev–Trinajstić information content (AvgIpc) is 2.40. The first kappa shape index (κ1) is 14.3. The molecule has 0 bridgehead atoms. The number of hydrogen-bond donors (Lipinski definition) is 1. The van der Waals surface area contributed by atoms with Gasteiger partial charge in [-0.2, -0.15) is 16.1 Å². The number of hydrogen-bond acceptors (Lipinski definition) is 4. The standard InChI is InChI=1S/C11H14BrNO3S2/c12-10-2-1-9(8-14)7-11(10)18(15,16)13-3-5-17-6-4-13/h1-2,7,14H,3-6,8H2. The number of aliphatic hydroxyl groups is 1. The smallest absolute Gasteiger partial charge is 0.244 e. The summed E-state index contributed by atoms with van der Waals surface area (Å²) in [6.45, 7) is 0.928. The van der Waals surface area contributed by atoms with Crippen LogP contribution in [0, 0.1) is 0 Å². The summed E-state index contributed by atoms with van der Waals surface area (Å²) < 4.78 is 27.0. The molecule has 0 atom stereocenters. The molecule has 1 N–H and O–H groups in total. The van der Waals surface area contributed by atoms with Gasteiger partial charge in [-0.1, -0.05) is 6.07 Å². The fourth-order valence-electron chi connectivity index (χ4n) is 1.77. The van der Waals surface area contributed by atoms with Crippen molar-refractivity contribution in [3.63, 3.8) is 0 Å². The van der Waals surface area contributed by atoms with E-state index in [-0.39, 0.29) is 11.5 Å². The lowest BCUT2D eigenvalue weighted by atomic mass is 10.2. The van der Waals surface area contributed by atoms with E-state index in [1.165, 1.54) is 10.4 Å². The zero-order valence-corrected chi connectivity index (χ0v) is 12.9. The molecule has 1 saturated heterocycles. The zero-order valence-electron chi connectivity index (χ0n) is 9.67. The molecule has 1 fully saturated rings. The highest BCUT2D eigenvalue weighted by Gasteiger charge is 2.28. The molecule has 1 heterocycles. The fraction of sp³-hybridized carbons (Fsp3) is 0.455. The van der Waals surface area contributed by atoms with E-state index in [4.69, 9.17) is 5.11 Å². The van der Waals surface area contributed by atoms with Crippen LogP contribution in [0.4, 0.5) is 0 Å². The van der Waals surface area contributed by atoms with Crippen molar-refractivity contribution in [1.82, 2.24) is 4.31 Å². The maximum Gasteiger partial charge on any atom is 0.244 e. The summed E-state index contributed by atoms with van der Waals surface area (Å²) in [5.41, 5.74) is 0.600. The van der Waals surface area contributed by atoms with Crippen LogP contribution in [0.5, 0.6) is 0 Å². The fourth-order valence-corrected chi connectivity index (χ4v) is 5.32. The Morgan fingerprint density at radius 1 is 1.33 bits per heavy atom. The summed E-state index contributed by atoms with van der Waals surface area (Å²) in [5, 5.41) is 9.10. The van der Waals surface area contributed by atoms with Gasteiger partial charge in [-0.3, -0.25) is 0 Å². The van der Waals surface area contributed by atoms with Gasteiger partial charge in [0.2, 0.25) is 10.0 Å². The molecule has 4 nitrogen and oxygen atoms in total. The summed E-state index contributed by atoms with van der Waals surface area (Å²) in [5.74, 6) is 1.66. The van der Waals surface area contributed by atoms with E-state index in [1.54, 1.807) is 23.9 Å². The molecule has 0 aliphatic carbocycles. The molecule has 1 aliphatic heterocycles. The van der Waals surface area contributed by atoms with Gasteiger partial charge in [-0.05, 0) is 33.6 Å². The summed E-state index contributed by atoms with van der Waals surface area (Å²) in [4.78, 5) is 0.237. The van der Waals surface area contributed by atoms with Crippen LogP contribution in [-0.4, -0.2) is 42.4 Å². The zero-order chi connectivity index (χ0) is 13.2. The molecule has 1 aromatic rings. The SMILES string of the molecule is O=S(=O)(c1cc(CO)ccc1Br)N1CCSCC1. The topological polar surface area (TPSA) is 57.6 Å². The van der Waals surface area contributed by atoms with Gasteiger partial charge in [-0.15, -0.1) is 0 Å². The first-order valence-corrected chi connectivity index (χ1v) is 8.91. The summed E-state index contributed by atoms with van der Waals surface area (Å²) >= 11 is 5.03. The summed E-state index contributed by atoms with van der Waals surface area (Å²) in [6.07, 6.45) is 0. The Labute approximate surface area is 120 Å². The Balaban J connectivity index is 2.39. The number of halogens is 1. The van der Waals surface area contributed by atoms with Crippen molar-refractivity contribution in [1.29, 1.82) is 0 Å². The van der Waals surface area contributed by atoms with Crippen molar-refractivity contribution in [3.8, 4) is 0 Å². The van der Waals surface area contributed by atoms with E-state index < -0.39 is 10.0 Å². The van der Waals surface area contributed by atoms with Crippen LogP contribution >= 0.6 is 27.7 Å². The molecule has 1 aliphatic rings. The van der Waals surface area contributed by atoms with Gasteiger partial charge in [0, 0.05) is 29.1 Å². The Kier molecular flexibility index (Phi) is 4.71. The van der Waals surface area contributed by atoms with Crippen molar-refractivity contribution in [3.05, 3.63) is 28.2 Å². The second-order valence-electron chi connectivity index (χ2n) is 3.94. The van der Waals surface area contributed by atoms with Crippen molar-refractivity contribution >= 4 is 37.7 Å². The molecule has 100 valence electrons. The predicted molar refractivity (Wildman–Crippen MR) is 76.1 cm³/mol. The first-order chi connectivity index (χ1) is 8.55. The quantitative estimate of drug-likeness (QED) is 0.899. The number of sulfonamides is 1. The number of rotatable bonds is 3. The van der Waals surface area contributed by atoms with E-state index in [0.29, 0.717) is 23.1 Å². The van der Waals surface area contributed by atoms with Crippen molar-refractivity contribution in [2.75, 3.05) is 24.6 Å². The molecule has 0 unspecified atom stereocenters. The minimum Gasteiger partial charge on any atom is -0.392 e. The Morgan fingerprint density at radius 2 is 2.00 bits per heavy atom. The molecule has 0 radical (unpaired) electrons. The van der Waals surface area contributed by atoms with Crippen LogP contribution < -0.4 is 0 Å². The van der Waals surface area contributed by atoms with Crippen LogP contribution in [0.3, 0.4) is 0 Å². The van der Waals surface area contributed by atoms with E-state index in [0.717, 1.165) is 11.5 Å². The lowest BCUT2D eigenvalue weighted by molar-refractivity contribution is 0.281. The predicted octanol–water partition coefficient (Wildman–Crippen LogP) is 1.68. The first-order valence-electron chi connectivity index (χ1n) is 5.53. The van der Waals surface area contributed by atoms with Crippen LogP contribution in [0.2, 0.25) is 0 Å². The number of nitrogens with zero attached hydrogens (tertiary/aromatic N) is 1. The van der Waals surface area contributed by atoms with Gasteiger partial charge in [0.15, 0.2) is 0 Å². The minimum absolute atomic E-state index is 0.161.